The van der Waals surface area contributed by atoms with Gasteiger partial charge in [-0.05, 0) is 60.5 Å². The summed E-state index contributed by atoms with van der Waals surface area (Å²) in [6.45, 7) is 7.04. The number of benzene rings is 1. The summed E-state index contributed by atoms with van der Waals surface area (Å²) in [5.41, 5.74) is 3.26. The van der Waals surface area contributed by atoms with Crippen LogP contribution in [-0.2, 0) is 6.42 Å². The Labute approximate surface area is 122 Å². The number of aryl methyl sites for hydroxylation is 1. The first-order valence-corrected chi connectivity index (χ1v) is 8.15. The first kappa shape index (κ1) is 13.7. The van der Waals surface area contributed by atoms with Crippen LogP contribution in [0.5, 0.6) is 0 Å². The van der Waals surface area contributed by atoms with Crippen molar-refractivity contribution in [3.63, 3.8) is 0 Å². The molecule has 2 bridgehead atoms. The number of hydrogen-bond donors (Lipinski definition) is 1. The van der Waals surface area contributed by atoms with Crippen molar-refractivity contribution in [2.75, 3.05) is 0 Å². The molecule has 1 heteroatoms. The molecule has 2 aromatic rings. The van der Waals surface area contributed by atoms with Crippen LogP contribution in [0.1, 0.15) is 52.1 Å². The molecule has 0 amide bonds. The van der Waals surface area contributed by atoms with Gasteiger partial charge in [0.25, 0.3) is 0 Å². The Morgan fingerprint density at radius 2 is 2.00 bits per heavy atom. The summed E-state index contributed by atoms with van der Waals surface area (Å²) in [5, 5.41) is 1.31. The fraction of sp³-hybridized carbons (Fsp3) is 0.579. The van der Waals surface area contributed by atoms with Crippen molar-refractivity contribution in [1.82, 2.24) is 4.98 Å². The zero-order chi connectivity index (χ0) is 14.2. The fourth-order valence-corrected chi connectivity index (χ4v) is 4.20. The maximum absolute atomic E-state index is 3.35. The van der Waals surface area contributed by atoms with Crippen LogP contribution >= 0.6 is 0 Å². The maximum atomic E-state index is 3.35. The normalized spacial score (nSPS) is 26.6. The molecule has 108 valence electrons. The fourth-order valence-electron chi connectivity index (χ4n) is 4.20. The predicted molar refractivity (Wildman–Crippen MR) is 86.9 cm³/mol. The zero-order valence-electron chi connectivity index (χ0n) is 13.1. The van der Waals surface area contributed by atoms with E-state index < -0.39 is 0 Å². The number of hydrogen-bond acceptors (Lipinski definition) is 0. The van der Waals surface area contributed by atoms with E-state index in [2.05, 4.69) is 56.1 Å². The van der Waals surface area contributed by atoms with Gasteiger partial charge in [0.15, 0.2) is 0 Å². The molecule has 2 atom stereocenters. The van der Waals surface area contributed by atoms with E-state index >= 15 is 0 Å². The third-order valence-corrected chi connectivity index (χ3v) is 5.43. The highest BCUT2D eigenvalue weighted by Crippen LogP contribution is 2.55. The molecule has 2 saturated carbocycles. The van der Waals surface area contributed by atoms with Gasteiger partial charge in [0.2, 0.25) is 0 Å². The Morgan fingerprint density at radius 3 is 2.50 bits per heavy atom. The average Bonchev–Trinajstić information content (AvgIpc) is 3.10. The summed E-state index contributed by atoms with van der Waals surface area (Å²) in [4.78, 5) is 3.35. The number of para-hydroxylation sites is 1. The van der Waals surface area contributed by atoms with Gasteiger partial charge >= 0.3 is 0 Å². The number of aromatic nitrogens is 1. The number of H-pyrrole nitrogens is 1. The van der Waals surface area contributed by atoms with Crippen molar-refractivity contribution < 1.29 is 0 Å². The van der Waals surface area contributed by atoms with E-state index in [0.717, 1.165) is 18.3 Å². The van der Waals surface area contributed by atoms with E-state index in [1.165, 1.54) is 35.9 Å². The van der Waals surface area contributed by atoms with Crippen LogP contribution in [0.4, 0.5) is 0 Å². The monoisotopic (exact) mass is 269 g/mol. The average molecular weight is 269 g/mol. The molecule has 0 spiro atoms. The van der Waals surface area contributed by atoms with Gasteiger partial charge in [-0.1, -0.05) is 45.4 Å². The van der Waals surface area contributed by atoms with E-state index in [4.69, 9.17) is 0 Å². The van der Waals surface area contributed by atoms with Crippen molar-refractivity contribution in [1.29, 1.82) is 0 Å². The van der Waals surface area contributed by atoms with Gasteiger partial charge in [-0.25, -0.2) is 0 Å². The van der Waals surface area contributed by atoms with Crippen LogP contribution in [0.25, 0.3) is 10.9 Å². The van der Waals surface area contributed by atoms with Gasteiger partial charge in [0.1, 0.15) is 0 Å². The van der Waals surface area contributed by atoms with Crippen LogP contribution in [0, 0.1) is 17.3 Å². The molecule has 4 rings (SSSR count). The minimum Gasteiger partial charge on any atom is -0.358 e. The first-order valence-electron chi connectivity index (χ1n) is 8.15. The molecule has 1 nitrogen and oxygen atoms in total. The van der Waals surface area contributed by atoms with Gasteiger partial charge in [-0.15, -0.1) is 0 Å². The van der Waals surface area contributed by atoms with Crippen LogP contribution < -0.4 is 0 Å². The molecule has 1 heterocycles. The highest BCUT2D eigenvalue weighted by molar-refractivity contribution is 5.80. The van der Waals surface area contributed by atoms with E-state index in [1.54, 1.807) is 6.42 Å². The lowest BCUT2D eigenvalue weighted by molar-refractivity contribution is 0.217. The molecule has 2 aliphatic carbocycles. The van der Waals surface area contributed by atoms with E-state index in [1.807, 2.05) is 0 Å². The minimum absolute atomic E-state index is 0.711. The smallest absolute Gasteiger partial charge is 0.0456 e. The van der Waals surface area contributed by atoms with Crippen LogP contribution in [0.3, 0.4) is 0 Å². The molecule has 20 heavy (non-hydrogen) atoms. The molecule has 1 N–H and O–H groups in total. The largest absolute Gasteiger partial charge is 0.358 e. The quantitative estimate of drug-likeness (QED) is 0.697. The summed E-state index contributed by atoms with van der Waals surface area (Å²) >= 11 is 0. The number of fused-ring (bicyclic) bond motifs is 3. The molecule has 0 aliphatic heterocycles. The molecular formula is C19H27N. The van der Waals surface area contributed by atoms with Crippen molar-refractivity contribution >= 4 is 10.9 Å². The molecule has 2 aliphatic rings. The van der Waals surface area contributed by atoms with E-state index in [0.29, 0.717) is 5.41 Å². The van der Waals surface area contributed by atoms with Gasteiger partial charge in [-0.3, -0.25) is 0 Å². The van der Waals surface area contributed by atoms with Gasteiger partial charge in [0, 0.05) is 11.2 Å². The Kier molecular flexibility index (Phi) is 3.62. The lowest BCUT2D eigenvalue weighted by Crippen LogP contribution is -2.19. The van der Waals surface area contributed by atoms with Crippen LogP contribution in [0.2, 0.25) is 0 Å². The van der Waals surface area contributed by atoms with Crippen molar-refractivity contribution in [3.05, 3.63) is 36.0 Å². The van der Waals surface area contributed by atoms with Crippen molar-refractivity contribution in [2.24, 2.45) is 17.3 Å². The van der Waals surface area contributed by atoms with Crippen molar-refractivity contribution in [3.8, 4) is 0 Å². The molecule has 0 radical (unpaired) electrons. The summed E-state index contributed by atoms with van der Waals surface area (Å²) in [5.74, 6) is 2.20. The number of aromatic amines is 1. The number of rotatable bonds is 1. The topological polar surface area (TPSA) is 15.8 Å². The Hall–Kier alpha value is -1.24. The van der Waals surface area contributed by atoms with Gasteiger partial charge < -0.3 is 4.98 Å². The molecule has 2 unspecified atom stereocenters. The third kappa shape index (κ3) is 2.63. The lowest BCUT2D eigenvalue weighted by Gasteiger charge is -2.29. The predicted octanol–water partition coefficient (Wildman–Crippen LogP) is 5.56. The summed E-state index contributed by atoms with van der Waals surface area (Å²) in [6.07, 6.45) is 7.20. The molecule has 0 saturated heterocycles. The second-order valence-electron chi connectivity index (χ2n) is 7.30. The Bertz CT molecular complexity index is 545. The standard InChI is InChI=1S/C10H11N.C9H16/c1-2-9-7-8-5-3-4-6-10(8)11-9;1-9(2)6-7-3-4-8(9)5-7/h3-7,11H,2H2,1H3;7-8H,3-6H2,1-2H3. The highest BCUT2D eigenvalue weighted by atomic mass is 14.7. The maximum Gasteiger partial charge on any atom is 0.0456 e. The molecule has 1 aromatic heterocycles. The zero-order valence-corrected chi connectivity index (χ0v) is 13.1. The van der Waals surface area contributed by atoms with Crippen LogP contribution in [-0.4, -0.2) is 4.98 Å². The summed E-state index contributed by atoms with van der Waals surface area (Å²) in [7, 11) is 0. The molecule has 2 fully saturated rings. The SMILES string of the molecule is CC1(C)CC2CCC1C2.CCc1cc2ccccc2[nH]1. The minimum atomic E-state index is 0.711. The van der Waals surface area contributed by atoms with Crippen molar-refractivity contribution in [2.45, 2.75) is 52.9 Å². The molecule has 1 aromatic carbocycles. The van der Waals surface area contributed by atoms with Crippen LogP contribution in [0.15, 0.2) is 30.3 Å². The van der Waals surface area contributed by atoms with E-state index in [-0.39, 0.29) is 0 Å². The Morgan fingerprint density at radius 1 is 1.20 bits per heavy atom. The lowest BCUT2D eigenvalue weighted by atomic mass is 9.77. The van der Waals surface area contributed by atoms with Gasteiger partial charge in [-0.2, -0.15) is 0 Å². The summed E-state index contributed by atoms with van der Waals surface area (Å²) in [6, 6.07) is 10.6. The number of nitrogens with one attached hydrogen (secondary N) is 1. The second kappa shape index (κ2) is 5.27. The third-order valence-electron chi connectivity index (χ3n) is 5.43. The van der Waals surface area contributed by atoms with E-state index in [9.17, 15) is 0 Å². The Balaban J connectivity index is 0.000000123. The highest BCUT2D eigenvalue weighted by Gasteiger charge is 2.44. The molecular weight excluding hydrogens is 242 g/mol. The first-order chi connectivity index (χ1) is 9.58. The van der Waals surface area contributed by atoms with Gasteiger partial charge in [0.05, 0.1) is 0 Å². The second-order valence-corrected chi connectivity index (χ2v) is 7.30. The summed E-state index contributed by atoms with van der Waals surface area (Å²) < 4.78 is 0.